The summed E-state index contributed by atoms with van der Waals surface area (Å²) in [4.78, 5) is 7.05. The summed E-state index contributed by atoms with van der Waals surface area (Å²) in [5.41, 5.74) is 6.20. The smallest absolute Gasteiger partial charge is 0.191 e. The van der Waals surface area contributed by atoms with Crippen LogP contribution >= 0.6 is 11.8 Å². The first kappa shape index (κ1) is 14.0. The van der Waals surface area contributed by atoms with Crippen LogP contribution in [0.2, 0.25) is 0 Å². The van der Waals surface area contributed by atoms with Crippen LogP contribution in [0.25, 0.3) is 0 Å². The number of rotatable bonds is 1. The van der Waals surface area contributed by atoms with Crippen molar-refractivity contribution in [1.29, 1.82) is 0 Å². The molecule has 2 fully saturated rings. The zero-order chi connectivity index (χ0) is 13.0. The van der Waals surface area contributed by atoms with Crippen LogP contribution in [-0.2, 0) is 0 Å². The molecule has 3 nitrogen and oxygen atoms in total. The summed E-state index contributed by atoms with van der Waals surface area (Å²) in [5.74, 6) is 1.95. The van der Waals surface area contributed by atoms with Gasteiger partial charge in [0.2, 0.25) is 0 Å². The molecule has 18 heavy (non-hydrogen) atoms. The van der Waals surface area contributed by atoms with E-state index in [0.29, 0.717) is 10.8 Å². The molecule has 2 rings (SSSR count). The maximum absolute atomic E-state index is 6.20. The molecule has 0 aromatic carbocycles. The van der Waals surface area contributed by atoms with E-state index in [1.54, 1.807) is 0 Å². The summed E-state index contributed by atoms with van der Waals surface area (Å²) in [7, 11) is 0. The minimum Gasteiger partial charge on any atom is -0.370 e. The number of nitrogens with two attached hydrogens (primary N) is 1. The molecular weight excluding hydrogens is 242 g/mol. The highest BCUT2D eigenvalue weighted by atomic mass is 32.2. The first-order valence-corrected chi connectivity index (χ1v) is 8.27. The number of thioether (sulfide) groups is 1. The average molecular weight is 269 g/mol. The Morgan fingerprint density at radius 3 is 2.67 bits per heavy atom. The highest BCUT2D eigenvalue weighted by Crippen LogP contribution is 2.30. The monoisotopic (exact) mass is 269 g/mol. The summed E-state index contributed by atoms with van der Waals surface area (Å²) >= 11 is 2.06. The predicted octanol–water partition coefficient (Wildman–Crippen LogP) is 2.85. The van der Waals surface area contributed by atoms with Crippen LogP contribution < -0.4 is 5.73 Å². The highest BCUT2D eigenvalue weighted by Gasteiger charge is 2.24. The van der Waals surface area contributed by atoms with E-state index in [-0.39, 0.29) is 0 Å². The Bertz CT molecular complexity index is 295. The number of hydrogen-bond acceptors (Lipinski definition) is 2. The van der Waals surface area contributed by atoms with Crippen LogP contribution in [0.4, 0.5) is 0 Å². The molecule has 2 N–H and O–H groups in total. The van der Waals surface area contributed by atoms with E-state index >= 15 is 0 Å². The molecule has 0 amide bonds. The maximum atomic E-state index is 6.20. The lowest BCUT2D eigenvalue weighted by molar-refractivity contribution is 0.401. The van der Waals surface area contributed by atoms with Crippen molar-refractivity contribution in [3.05, 3.63) is 0 Å². The number of aliphatic imine (C=N–C) groups is 1. The fourth-order valence-corrected chi connectivity index (χ4v) is 3.83. The fraction of sp³-hybridized carbons (Fsp3) is 0.929. The summed E-state index contributed by atoms with van der Waals surface area (Å²) in [6.07, 6.45) is 7.68. The summed E-state index contributed by atoms with van der Waals surface area (Å²) in [6, 6.07) is 0.489. The molecule has 104 valence electrons. The molecule has 0 unspecified atom stereocenters. The van der Waals surface area contributed by atoms with E-state index in [0.717, 1.165) is 24.8 Å². The molecule has 0 spiro atoms. The number of nitrogens with zero attached hydrogens (tertiary/aromatic N) is 2. The number of hydrogen-bond donors (Lipinski definition) is 1. The molecule has 0 bridgehead atoms. The standard InChI is InChI=1S/C14H27N3S/c1-14(2)8-9-17(10-11-18-14)13(15)16-12-6-4-3-5-7-12/h12H,3-11H2,1-2H3,(H2,15,16). The zero-order valence-corrected chi connectivity index (χ0v) is 12.6. The van der Waals surface area contributed by atoms with Crippen molar-refractivity contribution in [1.82, 2.24) is 4.90 Å². The lowest BCUT2D eigenvalue weighted by Gasteiger charge is -2.25. The molecular formula is C14H27N3S. The van der Waals surface area contributed by atoms with E-state index in [1.807, 2.05) is 0 Å². The molecule has 0 aromatic rings. The third-order valence-corrected chi connectivity index (χ3v) is 5.42. The molecule has 1 heterocycles. The Kier molecular flexibility index (Phi) is 4.82. The van der Waals surface area contributed by atoms with Crippen molar-refractivity contribution in [2.45, 2.75) is 63.2 Å². The van der Waals surface area contributed by atoms with Crippen LogP contribution in [0.5, 0.6) is 0 Å². The van der Waals surface area contributed by atoms with Crippen molar-refractivity contribution in [3.8, 4) is 0 Å². The Hall–Kier alpha value is -0.380. The van der Waals surface area contributed by atoms with Crippen molar-refractivity contribution in [2.75, 3.05) is 18.8 Å². The van der Waals surface area contributed by atoms with E-state index in [4.69, 9.17) is 10.7 Å². The Balaban J connectivity index is 1.91. The Labute approximate surface area is 116 Å². The molecule has 1 aliphatic heterocycles. The average Bonchev–Trinajstić information content (AvgIpc) is 2.51. The summed E-state index contributed by atoms with van der Waals surface area (Å²) < 4.78 is 0.389. The minimum absolute atomic E-state index is 0.389. The Morgan fingerprint density at radius 2 is 1.94 bits per heavy atom. The van der Waals surface area contributed by atoms with Crippen LogP contribution in [0, 0.1) is 0 Å². The lowest BCUT2D eigenvalue weighted by atomic mass is 9.96. The first-order chi connectivity index (χ1) is 8.57. The van der Waals surface area contributed by atoms with Gasteiger partial charge >= 0.3 is 0 Å². The first-order valence-electron chi connectivity index (χ1n) is 7.29. The van der Waals surface area contributed by atoms with Gasteiger partial charge in [-0.1, -0.05) is 33.1 Å². The van der Waals surface area contributed by atoms with E-state index in [2.05, 4.69) is 30.5 Å². The van der Waals surface area contributed by atoms with Gasteiger partial charge in [-0.05, 0) is 19.3 Å². The predicted molar refractivity (Wildman–Crippen MR) is 81.2 cm³/mol. The van der Waals surface area contributed by atoms with Gasteiger partial charge in [-0.2, -0.15) is 11.8 Å². The second kappa shape index (κ2) is 6.18. The van der Waals surface area contributed by atoms with Crippen molar-refractivity contribution < 1.29 is 0 Å². The normalized spacial score (nSPS) is 27.0. The largest absolute Gasteiger partial charge is 0.370 e. The van der Waals surface area contributed by atoms with Gasteiger partial charge in [0.05, 0.1) is 6.04 Å². The van der Waals surface area contributed by atoms with Crippen LogP contribution in [0.1, 0.15) is 52.4 Å². The van der Waals surface area contributed by atoms with Crippen LogP contribution in [0.15, 0.2) is 4.99 Å². The van der Waals surface area contributed by atoms with E-state index in [1.165, 1.54) is 38.5 Å². The second-order valence-electron chi connectivity index (χ2n) is 6.12. The molecule has 1 saturated carbocycles. The molecule has 0 aromatic heterocycles. The van der Waals surface area contributed by atoms with Gasteiger partial charge in [-0.25, -0.2) is 4.99 Å². The van der Waals surface area contributed by atoms with Gasteiger partial charge in [-0.15, -0.1) is 0 Å². The van der Waals surface area contributed by atoms with Gasteiger partial charge in [0, 0.05) is 23.6 Å². The van der Waals surface area contributed by atoms with Crippen molar-refractivity contribution in [2.24, 2.45) is 10.7 Å². The second-order valence-corrected chi connectivity index (χ2v) is 7.93. The number of guanidine groups is 1. The van der Waals surface area contributed by atoms with E-state index in [9.17, 15) is 0 Å². The maximum Gasteiger partial charge on any atom is 0.191 e. The van der Waals surface area contributed by atoms with Crippen molar-refractivity contribution >= 4 is 17.7 Å². The minimum atomic E-state index is 0.389. The molecule has 1 saturated heterocycles. The third-order valence-electron chi connectivity index (χ3n) is 4.05. The summed E-state index contributed by atoms with van der Waals surface area (Å²) in [5, 5.41) is 0. The van der Waals surface area contributed by atoms with E-state index < -0.39 is 0 Å². The lowest BCUT2D eigenvalue weighted by Crippen LogP contribution is -2.40. The topological polar surface area (TPSA) is 41.6 Å². The molecule has 0 radical (unpaired) electrons. The SMILES string of the molecule is CC1(C)CCN(C(N)=NC2CCCCC2)CCS1. The van der Waals surface area contributed by atoms with Gasteiger partial charge in [0.25, 0.3) is 0 Å². The van der Waals surface area contributed by atoms with Gasteiger partial charge in [0.1, 0.15) is 0 Å². The van der Waals surface area contributed by atoms with Gasteiger partial charge < -0.3 is 10.6 Å². The van der Waals surface area contributed by atoms with Gasteiger partial charge in [0.15, 0.2) is 5.96 Å². The zero-order valence-electron chi connectivity index (χ0n) is 11.8. The Morgan fingerprint density at radius 1 is 1.22 bits per heavy atom. The molecule has 2 aliphatic rings. The summed E-state index contributed by atoms with van der Waals surface area (Å²) in [6.45, 7) is 6.77. The van der Waals surface area contributed by atoms with Gasteiger partial charge in [-0.3, -0.25) is 0 Å². The fourth-order valence-electron chi connectivity index (χ4n) is 2.73. The van der Waals surface area contributed by atoms with Crippen LogP contribution in [-0.4, -0.2) is 40.5 Å². The molecule has 0 atom stereocenters. The van der Waals surface area contributed by atoms with Crippen molar-refractivity contribution in [3.63, 3.8) is 0 Å². The van der Waals surface area contributed by atoms with Crippen LogP contribution in [0.3, 0.4) is 0 Å². The third kappa shape index (κ3) is 4.08. The molecule has 4 heteroatoms. The highest BCUT2D eigenvalue weighted by molar-refractivity contribution is 8.00. The quantitative estimate of drug-likeness (QED) is 0.588. The molecule has 1 aliphatic carbocycles.